The number of benzene rings is 1. The lowest BCUT2D eigenvalue weighted by Gasteiger charge is -2.09. The minimum absolute atomic E-state index is 0.0181. The van der Waals surface area contributed by atoms with Gasteiger partial charge in [0.05, 0.1) is 11.6 Å². The first-order valence-electron chi connectivity index (χ1n) is 4.70. The Hall–Kier alpha value is -0.910. The van der Waals surface area contributed by atoms with Gasteiger partial charge in [0, 0.05) is 13.1 Å². The maximum Gasteiger partial charge on any atom is 0.166 e. The number of thiocarbonyl (C=S) groups is 1. The summed E-state index contributed by atoms with van der Waals surface area (Å²) < 4.78 is 12.8. The maximum absolute atomic E-state index is 12.8. The average molecular weight is 263 g/mol. The van der Waals surface area contributed by atoms with E-state index < -0.39 is 5.82 Å². The number of aliphatic hydroxyl groups is 1. The number of halogens is 2. The van der Waals surface area contributed by atoms with E-state index in [2.05, 4.69) is 10.6 Å². The zero-order valence-electron chi connectivity index (χ0n) is 8.46. The van der Waals surface area contributed by atoms with Crippen molar-refractivity contribution in [1.82, 2.24) is 10.6 Å². The van der Waals surface area contributed by atoms with Crippen molar-refractivity contribution >= 4 is 28.9 Å². The zero-order chi connectivity index (χ0) is 12.0. The van der Waals surface area contributed by atoms with E-state index in [9.17, 15) is 4.39 Å². The van der Waals surface area contributed by atoms with Gasteiger partial charge in [0.15, 0.2) is 5.11 Å². The first-order chi connectivity index (χ1) is 7.63. The number of rotatable bonds is 4. The van der Waals surface area contributed by atoms with Gasteiger partial charge in [-0.1, -0.05) is 17.7 Å². The van der Waals surface area contributed by atoms with Crippen molar-refractivity contribution in [3.63, 3.8) is 0 Å². The highest BCUT2D eigenvalue weighted by atomic mass is 35.5. The predicted molar refractivity (Wildman–Crippen MR) is 65.9 cm³/mol. The lowest BCUT2D eigenvalue weighted by atomic mass is 10.2. The van der Waals surface area contributed by atoms with Crippen LogP contribution in [-0.4, -0.2) is 23.4 Å². The minimum atomic E-state index is -0.439. The van der Waals surface area contributed by atoms with Gasteiger partial charge >= 0.3 is 0 Å². The molecule has 0 fully saturated rings. The molecule has 0 radical (unpaired) electrons. The van der Waals surface area contributed by atoms with Crippen LogP contribution in [0.4, 0.5) is 4.39 Å². The molecule has 0 unspecified atom stereocenters. The Morgan fingerprint density at radius 3 is 2.81 bits per heavy atom. The quantitative estimate of drug-likeness (QED) is 0.719. The lowest BCUT2D eigenvalue weighted by molar-refractivity contribution is 0.300. The van der Waals surface area contributed by atoms with Crippen molar-refractivity contribution in [2.24, 2.45) is 0 Å². The summed E-state index contributed by atoms with van der Waals surface area (Å²) in [4.78, 5) is 0. The van der Waals surface area contributed by atoms with Crippen LogP contribution < -0.4 is 10.6 Å². The standard InChI is InChI=1S/C10H12ClFN2OS/c11-8-5-7(1-2-9(8)12)6-14-10(16)13-3-4-15/h1-2,5,15H,3-4,6H2,(H2,13,14,16). The molecule has 0 aliphatic heterocycles. The van der Waals surface area contributed by atoms with Gasteiger partial charge in [-0.25, -0.2) is 4.39 Å². The molecular weight excluding hydrogens is 251 g/mol. The van der Waals surface area contributed by atoms with Gasteiger partial charge in [-0.2, -0.15) is 0 Å². The first kappa shape index (κ1) is 13.2. The molecule has 3 N–H and O–H groups in total. The lowest BCUT2D eigenvalue weighted by Crippen LogP contribution is -2.36. The van der Waals surface area contributed by atoms with Crippen molar-refractivity contribution in [1.29, 1.82) is 0 Å². The molecule has 0 bridgehead atoms. The highest BCUT2D eigenvalue weighted by Gasteiger charge is 2.01. The van der Waals surface area contributed by atoms with E-state index >= 15 is 0 Å². The first-order valence-corrected chi connectivity index (χ1v) is 5.48. The van der Waals surface area contributed by atoms with Gasteiger partial charge in [0.25, 0.3) is 0 Å². The molecule has 6 heteroatoms. The van der Waals surface area contributed by atoms with Crippen LogP contribution in [0.2, 0.25) is 5.02 Å². The molecule has 0 atom stereocenters. The number of hydrogen-bond donors (Lipinski definition) is 3. The van der Waals surface area contributed by atoms with Crippen molar-refractivity contribution in [3.8, 4) is 0 Å². The van der Waals surface area contributed by atoms with Crippen LogP contribution in [-0.2, 0) is 6.54 Å². The molecule has 0 saturated carbocycles. The second-order valence-electron chi connectivity index (χ2n) is 3.08. The number of nitrogens with one attached hydrogen (secondary N) is 2. The van der Waals surface area contributed by atoms with Crippen LogP contribution in [0.1, 0.15) is 5.56 Å². The van der Waals surface area contributed by atoms with E-state index in [0.717, 1.165) is 5.56 Å². The molecule has 0 saturated heterocycles. The Labute approximate surface area is 104 Å². The normalized spacial score (nSPS) is 9.94. The van der Waals surface area contributed by atoms with Crippen LogP contribution >= 0.6 is 23.8 Å². The van der Waals surface area contributed by atoms with Crippen LogP contribution in [0.25, 0.3) is 0 Å². The molecule has 3 nitrogen and oxygen atoms in total. The second-order valence-corrected chi connectivity index (χ2v) is 3.90. The van der Waals surface area contributed by atoms with E-state index in [0.29, 0.717) is 18.2 Å². The van der Waals surface area contributed by atoms with Gasteiger partial charge < -0.3 is 15.7 Å². The van der Waals surface area contributed by atoms with E-state index in [1.165, 1.54) is 6.07 Å². The zero-order valence-corrected chi connectivity index (χ0v) is 10.0. The molecule has 88 valence electrons. The third kappa shape index (κ3) is 4.30. The molecule has 1 aromatic rings. The number of hydrogen-bond acceptors (Lipinski definition) is 2. The Kier molecular flexibility index (Phi) is 5.45. The van der Waals surface area contributed by atoms with Gasteiger partial charge in [-0.15, -0.1) is 0 Å². The van der Waals surface area contributed by atoms with Gasteiger partial charge in [0.2, 0.25) is 0 Å². The molecule has 0 aromatic heterocycles. The van der Waals surface area contributed by atoms with Crippen LogP contribution in [0, 0.1) is 5.82 Å². The van der Waals surface area contributed by atoms with Gasteiger partial charge in [-0.05, 0) is 29.9 Å². The van der Waals surface area contributed by atoms with Crippen LogP contribution in [0.3, 0.4) is 0 Å². The summed E-state index contributed by atoms with van der Waals surface area (Å²) in [5.41, 5.74) is 0.833. The fraction of sp³-hybridized carbons (Fsp3) is 0.300. The Bertz CT molecular complexity index is 376. The minimum Gasteiger partial charge on any atom is -0.395 e. The maximum atomic E-state index is 12.8. The average Bonchev–Trinajstić information content (AvgIpc) is 2.28. The monoisotopic (exact) mass is 262 g/mol. The smallest absolute Gasteiger partial charge is 0.166 e. The highest BCUT2D eigenvalue weighted by Crippen LogP contribution is 2.15. The van der Waals surface area contributed by atoms with E-state index in [4.69, 9.17) is 28.9 Å². The van der Waals surface area contributed by atoms with Gasteiger partial charge in [-0.3, -0.25) is 0 Å². The SMILES string of the molecule is OCCNC(=S)NCc1ccc(F)c(Cl)c1. The molecule has 0 aliphatic rings. The highest BCUT2D eigenvalue weighted by molar-refractivity contribution is 7.80. The van der Waals surface area contributed by atoms with Crippen molar-refractivity contribution in [2.75, 3.05) is 13.2 Å². The fourth-order valence-electron chi connectivity index (χ4n) is 1.06. The molecule has 1 rings (SSSR count). The number of aliphatic hydroxyl groups excluding tert-OH is 1. The molecular formula is C10H12ClFN2OS. The van der Waals surface area contributed by atoms with Crippen molar-refractivity contribution < 1.29 is 9.50 Å². The van der Waals surface area contributed by atoms with E-state index in [-0.39, 0.29) is 11.6 Å². The summed E-state index contributed by atoms with van der Waals surface area (Å²) in [7, 11) is 0. The van der Waals surface area contributed by atoms with Gasteiger partial charge in [0.1, 0.15) is 5.82 Å². The third-order valence-electron chi connectivity index (χ3n) is 1.83. The third-order valence-corrected chi connectivity index (χ3v) is 2.41. The van der Waals surface area contributed by atoms with Crippen LogP contribution in [0.5, 0.6) is 0 Å². The van der Waals surface area contributed by atoms with Crippen molar-refractivity contribution in [2.45, 2.75) is 6.54 Å². The second kappa shape index (κ2) is 6.62. The predicted octanol–water partition coefficient (Wildman–Crippen LogP) is 1.44. The Morgan fingerprint density at radius 1 is 1.44 bits per heavy atom. The summed E-state index contributed by atoms with van der Waals surface area (Å²) in [6, 6.07) is 4.48. The Morgan fingerprint density at radius 2 is 2.19 bits per heavy atom. The summed E-state index contributed by atoms with van der Waals surface area (Å²) in [5, 5.41) is 14.8. The molecule has 1 aromatic carbocycles. The summed E-state index contributed by atoms with van der Waals surface area (Å²) in [5.74, 6) is -0.439. The molecule has 0 spiro atoms. The summed E-state index contributed by atoms with van der Waals surface area (Å²) >= 11 is 10.6. The Balaban J connectivity index is 2.42. The fourth-order valence-corrected chi connectivity index (χ4v) is 1.44. The summed E-state index contributed by atoms with van der Waals surface area (Å²) in [6.45, 7) is 0.872. The van der Waals surface area contributed by atoms with Crippen molar-refractivity contribution in [3.05, 3.63) is 34.6 Å². The molecule has 16 heavy (non-hydrogen) atoms. The van der Waals surface area contributed by atoms with E-state index in [1.807, 2.05) is 0 Å². The molecule has 0 heterocycles. The topological polar surface area (TPSA) is 44.3 Å². The summed E-state index contributed by atoms with van der Waals surface area (Å²) in [6.07, 6.45) is 0. The van der Waals surface area contributed by atoms with E-state index in [1.54, 1.807) is 12.1 Å². The molecule has 0 aliphatic carbocycles. The van der Waals surface area contributed by atoms with Crippen LogP contribution in [0.15, 0.2) is 18.2 Å². The largest absolute Gasteiger partial charge is 0.395 e. The molecule has 0 amide bonds.